The van der Waals surface area contributed by atoms with Gasteiger partial charge in [-0.25, -0.2) is 0 Å². The van der Waals surface area contributed by atoms with Gasteiger partial charge in [0.05, 0.1) is 12.2 Å². The normalized spacial score (nSPS) is 22.3. The van der Waals surface area contributed by atoms with Crippen molar-refractivity contribution in [2.45, 2.75) is 44.9 Å². The summed E-state index contributed by atoms with van der Waals surface area (Å²) >= 11 is 0. The van der Waals surface area contributed by atoms with Gasteiger partial charge in [-0.1, -0.05) is 18.2 Å². The van der Waals surface area contributed by atoms with Crippen molar-refractivity contribution in [3.8, 4) is 5.75 Å². The fraction of sp³-hybridized carbons (Fsp3) is 0.500. The molecule has 1 aromatic carbocycles. The highest BCUT2D eigenvalue weighted by Gasteiger charge is 2.35. The van der Waals surface area contributed by atoms with Gasteiger partial charge in [-0.2, -0.15) is 0 Å². The maximum absolute atomic E-state index is 10.6. The molecule has 0 aliphatic carbocycles. The van der Waals surface area contributed by atoms with E-state index in [1.165, 1.54) is 5.56 Å². The zero-order valence-corrected chi connectivity index (χ0v) is 18.4. The highest BCUT2D eigenvalue weighted by molar-refractivity contribution is 5.85. The number of hydrogen-bond acceptors (Lipinski definition) is 5. The highest BCUT2D eigenvalue weighted by Crippen LogP contribution is 2.40. The van der Waals surface area contributed by atoms with Crippen LogP contribution in [-0.4, -0.2) is 40.7 Å². The number of benzene rings is 1. The van der Waals surface area contributed by atoms with Crippen LogP contribution in [0.25, 0.3) is 0 Å². The van der Waals surface area contributed by atoms with Crippen molar-refractivity contribution in [2.75, 3.05) is 19.6 Å². The van der Waals surface area contributed by atoms with E-state index >= 15 is 0 Å². The Labute approximate surface area is 185 Å². The number of pyridine rings is 1. The molecule has 3 heterocycles. The van der Waals surface area contributed by atoms with Crippen LogP contribution in [0.5, 0.6) is 5.75 Å². The van der Waals surface area contributed by atoms with E-state index in [2.05, 4.69) is 22.0 Å². The van der Waals surface area contributed by atoms with E-state index in [0.29, 0.717) is 18.2 Å². The summed E-state index contributed by atoms with van der Waals surface area (Å²) in [4.78, 5) is 6.70. The molecule has 1 fully saturated rings. The zero-order valence-electron chi connectivity index (χ0n) is 16.8. The minimum absolute atomic E-state index is 0. The van der Waals surface area contributed by atoms with Gasteiger partial charge in [0.15, 0.2) is 0 Å². The lowest BCUT2D eigenvalue weighted by molar-refractivity contribution is -0.0651. The molecule has 2 aliphatic heterocycles. The number of halogens is 2. The smallest absolute Gasteiger partial charge is 0.122 e. The summed E-state index contributed by atoms with van der Waals surface area (Å²) in [7, 11) is 0. The van der Waals surface area contributed by atoms with Crippen molar-refractivity contribution in [3.63, 3.8) is 0 Å². The second-order valence-electron chi connectivity index (χ2n) is 7.88. The third kappa shape index (κ3) is 5.22. The Kier molecular flexibility index (Phi) is 8.73. The number of hydrogen-bond donors (Lipinski definition) is 2. The molecule has 0 spiro atoms. The Morgan fingerprint density at radius 3 is 2.62 bits per heavy atom. The van der Waals surface area contributed by atoms with E-state index < -0.39 is 0 Å². The predicted molar refractivity (Wildman–Crippen MR) is 120 cm³/mol. The van der Waals surface area contributed by atoms with E-state index in [1.807, 2.05) is 31.5 Å². The van der Waals surface area contributed by atoms with E-state index in [0.717, 1.165) is 55.6 Å². The van der Waals surface area contributed by atoms with Gasteiger partial charge in [-0.15, -0.1) is 24.8 Å². The van der Waals surface area contributed by atoms with Crippen molar-refractivity contribution in [2.24, 2.45) is 11.7 Å². The minimum atomic E-state index is -0.112. The summed E-state index contributed by atoms with van der Waals surface area (Å²) in [5.41, 5.74) is 10.3. The Morgan fingerprint density at radius 2 is 1.97 bits per heavy atom. The Balaban J connectivity index is 0.00000150. The van der Waals surface area contributed by atoms with Gasteiger partial charge >= 0.3 is 0 Å². The van der Waals surface area contributed by atoms with Gasteiger partial charge in [0.1, 0.15) is 5.75 Å². The van der Waals surface area contributed by atoms with E-state index in [1.54, 1.807) is 0 Å². The number of fused-ring (bicyclic) bond motifs is 1. The Bertz CT molecular complexity index is 783. The number of phenols is 1. The molecule has 0 saturated carbocycles. The molecule has 2 aromatic rings. The molecule has 2 aliphatic rings. The first-order valence-electron chi connectivity index (χ1n) is 9.94. The number of piperidine rings is 1. The number of ether oxygens (including phenoxy) is 1. The fourth-order valence-corrected chi connectivity index (χ4v) is 4.51. The van der Waals surface area contributed by atoms with Crippen LogP contribution in [0.1, 0.15) is 41.2 Å². The van der Waals surface area contributed by atoms with Crippen LogP contribution < -0.4 is 5.73 Å². The lowest BCUT2D eigenvalue weighted by Gasteiger charge is -2.40. The number of aryl methyl sites for hydroxylation is 1. The maximum atomic E-state index is 10.6. The first-order valence-corrected chi connectivity index (χ1v) is 9.94. The van der Waals surface area contributed by atoms with E-state index in [4.69, 9.17) is 10.5 Å². The summed E-state index contributed by atoms with van der Waals surface area (Å²) < 4.78 is 6.39. The van der Waals surface area contributed by atoms with Gasteiger partial charge in [-0.05, 0) is 61.5 Å². The van der Waals surface area contributed by atoms with Crippen molar-refractivity contribution < 1.29 is 9.84 Å². The van der Waals surface area contributed by atoms with Gasteiger partial charge < -0.3 is 15.6 Å². The summed E-state index contributed by atoms with van der Waals surface area (Å²) in [6.45, 7) is 5.50. The maximum Gasteiger partial charge on any atom is 0.122 e. The first kappa shape index (κ1) is 23.9. The number of nitrogens with zero attached hydrogens (tertiary/aromatic N) is 2. The predicted octanol–water partition coefficient (Wildman–Crippen LogP) is 3.79. The molecule has 29 heavy (non-hydrogen) atoms. The topological polar surface area (TPSA) is 71.6 Å². The van der Waals surface area contributed by atoms with E-state index in [-0.39, 0.29) is 37.0 Å². The molecule has 0 amide bonds. The number of nitrogens with two attached hydrogens (primary N) is 1. The van der Waals surface area contributed by atoms with Crippen molar-refractivity contribution in [3.05, 3.63) is 58.9 Å². The fourth-order valence-electron chi connectivity index (χ4n) is 4.51. The zero-order chi connectivity index (χ0) is 18.8. The summed E-state index contributed by atoms with van der Waals surface area (Å²) in [6.07, 6.45) is 6.81. The highest BCUT2D eigenvalue weighted by atomic mass is 35.5. The molecule has 0 radical (unpaired) electrons. The number of aromatic nitrogens is 1. The van der Waals surface area contributed by atoms with Crippen LogP contribution in [0.3, 0.4) is 0 Å². The molecular weight excluding hydrogens is 409 g/mol. The standard InChI is InChI=1S/C22H29N3O2.2ClH/c1-15-4-5-18-19(22(15)26)11-20(27-21(18)12-23)17-6-9-25(10-7-17)14-16-3-2-8-24-13-16;;/h2-5,8,13,17,20-21,26H,6-7,9-12,14,23H2,1H3;2*1H/t20-,21-;;/m0../s1. The quantitative estimate of drug-likeness (QED) is 0.757. The SMILES string of the molecule is Cc1ccc2c(c1O)C[C@@H](C1CCN(Cc3cccnc3)CC1)O[C@H]2CN.Cl.Cl. The lowest BCUT2D eigenvalue weighted by Crippen LogP contribution is -2.41. The molecule has 0 bridgehead atoms. The van der Waals surface area contributed by atoms with Gasteiger partial charge in [0, 0.05) is 37.5 Å². The van der Waals surface area contributed by atoms with Crippen molar-refractivity contribution >= 4 is 24.8 Å². The Hall–Kier alpha value is -1.37. The molecule has 2 atom stereocenters. The van der Waals surface area contributed by atoms with Crippen molar-refractivity contribution in [1.29, 1.82) is 0 Å². The molecule has 5 nitrogen and oxygen atoms in total. The van der Waals surface area contributed by atoms with Gasteiger partial charge in [0.2, 0.25) is 0 Å². The molecule has 3 N–H and O–H groups in total. The number of aromatic hydroxyl groups is 1. The third-order valence-electron chi connectivity index (χ3n) is 6.11. The summed E-state index contributed by atoms with van der Waals surface area (Å²) in [5.74, 6) is 0.936. The number of rotatable bonds is 4. The largest absolute Gasteiger partial charge is 0.507 e. The average Bonchev–Trinajstić information content (AvgIpc) is 2.71. The van der Waals surface area contributed by atoms with Crippen LogP contribution in [0.2, 0.25) is 0 Å². The van der Waals surface area contributed by atoms with Crippen LogP contribution in [0, 0.1) is 12.8 Å². The molecule has 0 unspecified atom stereocenters. The number of likely N-dealkylation sites (tertiary alicyclic amines) is 1. The average molecular weight is 440 g/mol. The molecule has 4 rings (SSSR count). The molecule has 1 aromatic heterocycles. The van der Waals surface area contributed by atoms with Crippen LogP contribution in [0.4, 0.5) is 0 Å². The summed E-state index contributed by atoms with van der Waals surface area (Å²) in [5, 5.41) is 10.6. The van der Waals surface area contributed by atoms with E-state index in [9.17, 15) is 5.11 Å². The first-order chi connectivity index (χ1) is 13.2. The van der Waals surface area contributed by atoms with Crippen LogP contribution >= 0.6 is 24.8 Å². The van der Waals surface area contributed by atoms with Crippen LogP contribution in [-0.2, 0) is 17.7 Å². The second kappa shape index (κ2) is 10.6. The second-order valence-corrected chi connectivity index (χ2v) is 7.88. The molecule has 7 heteroatoms. The molecule has 160 valence electrons. The molecular formula is C22H31Cl2N3O2. The van der Waals surface area contributed by atoms with Crippen LogP contribution in [0.15, 0.2) is 36.7 Å². The van der Waals surface area contributed by atoms with Gasteiger partial charge in [0.25, 0.3) is 0 Å². The third-order valence-corrected chi connectivity index (χ3v) is 6.11. The summed E-state index contributed by atoms with van der Waals surface area (Å²) in [6, 6.07) is 8.15. The monoisotopic (exact) mass is 439 g/mol. The van der Waals surface area contributed by atoms with Crippen molar-refractivity contribution in [1.82, 2.24) is 9.88 Å². The minimum Gasteiger partial charge on any atom is -0.507 e. The van der Waals surface area contributed by atoms with Gasteiger partial charge in [-0.3, -0.25) is 9.88 Å². The number of phenolic OH excluding ortho intramolecular Hbond substituents is 1. The Morgan fingerprint density at radius 1 is 1.21 bits per heavy atom. The molecule has 1 saturated heterocycles. The lowest BCUT2D eigenvalue weighted by atomic mass is 9.83.